The fraction of sp³-hybridized carbons (Fsp3) is 0.500. The summed E-state index contributed by atoms with van der Waals surface area (Å²) < 4.78 is 0. The lowest BCUT2D eigenvalue weighted by atomic mass is 10.0. The summed E-state index contributed by atoms with van der Waals surface area (Å²) >= 11 is 0. The number of nitrogens with one attached hydrogen (secondary N) is 1. The highest BCUT2D eigenvalue weighted by atomic mass is 16.1. The normalized spacial score (nSPS) is 19.8. The molecule has 1 N–H and O–H groups in total. The average Bonchev–Trinajstić information content (AvgIpc) is 2.61. The van der Waals surface area contributed by atoms with Gasteiger partial charge < -0.3 is 5.32 Å². The van der Waals surface area contributed by atoms with Crippen molar-refractivity contribution >= 4 is 5.91 Å². The number of hydrogen-bond donors (Lipinski definition) is 1. The first kappa shape index (κ1) is 14.7. The molecule has 16 heavy (non-hydrogen) atoms. The first-order valence-electron chi connectivity index (χ1n) is 5.90. The molecule has 0 spiro atoms. The van der Waals surface area contributed by atoms with Crippen molar-refractivity contribution in [1.82, 2.24) is 5.32 Å². The van der Waals surface area contributed by atoms with Crippen LogP contribution in [0.1, 0.15) is 41.0 Å². The van der Waals surface area contributed by atoms with Crippen LogP contribution in [-0.4, -0.2) is 5.91 Å². The summed E-state index contributed by atoms with van der Waals surface area (Å²) in [5.74, 6) is 0.485. The van der Waals surface area contributed by atoms with E-state index in [2.05, 4.69) is 25.7 Å². The Morgan fingerprint density at radius 2 is 2.00 bits per heavy atom. The van der Waals surface area contributed by atoms with Gasteiger partial charge in [0, 0.05) is 5.70 Å². The van der Waals surface area contributed by atoms with Crippen molar-refractivity contribution in [2.45, 2.75) is 41.0 Å². The SMILES string of the molecule is C=C(/C=C1/NC(=O)C/C1=C/C)C(C)C.CC. The molecule has 0 bridgehead atoms. The molecule has 0 saturated carbocycles. The molecule has 0 unspecified atom stereocenters. The molecule has 0 aliphatic carbocycles. The highest BCUT2D eigenvalue weighted by Gasteiger charge is 2.19. The van der Waals surface area contributed by atoms with Gasteiger partial charge in [0.15, 0.2) is 0 Å². The Labute approximate surface area is 99.1 Å². The van der Waals surface area contributed by atoms with Gasteiger partial charge in [0.1, 0.15) is 0 Å². The zero-order chi connectivity index (χ0) is 12.7. The minimum atomic E-state index is 0.0703. The van der Waals surface area contributed by atoms with Gasteiger partial charge in [-0.05, 0) is 24.5 Å². The maximum Gasteiger partial charge on any atom is 0.228 e. The second-order valence-electron chi connectivity index (χ2n) is 3.83. The van der Waals surface area contributed by atoms with E-state index in [0.29, 0.717) is 12.3 Å². The quantitative estimate of drug-likeness (QED) is 0.758. The van der Waals surface area contributed by atoms with E-state index >= 15 is 0 Å². The molecule has 1 aliphatic rings. The molecule has 1 amide bonds. The van der Waals surface area contributed by atoms with Crippen molar-refractivity contribution < 1.29 is 4.79 Å². The van der Waals surface area contributed by atoms with Gasteiger partial charge in [0.2, 0.25) is 5.91 Å². The molecule has 0 aromatic rings. The monoisotopic (exact) mass is 221 g/mol. The van der Waals surface area contributed by atoms with Crippen LogP contribution < -0.4 is 5.32 Å². The molecule has 0 atom stereocenters. The topological polar surface area (TPSA) is 29.1 Å². The number of carbonyl (C=O) groups is 1. The van der Waals surface area contributed by atoms with Crippen molar-refractivity contribution in [1.29, 1.82) is 0 Å². The van der Waals surface area contributed by atoms with Gasteiger partial charge in [-0.15, -0.1) is 0 Å². The Morgan fingerprint density at radius 3 is 2.44 bits per heavy atom. The lowest BCUT2D eigenvalue weighted by Crippen LogP contribution is -2.12. The maximum absolute atomic E-state index is 11.2. The number of carbonyl (C=O) groups excluding carboxylic acids is 1. The first-order chi connectivity index (χ1) is 7.54. The van der Waals surface area contributed by atoms with Crippen molar-refractivity contribution in [3.8, 4) is 0 Å². The van der Waals surface area contributed by atoms with Crippen molar-refractivity contribution in [2.24, 2.45) is 5.92 Å². The van der Waals surface area contributed by atoms with Crippen molar-refractivity contribution in [3.63, 3.8) is 0 Å². The maximum atomic E-state index is 11.2. The predicted octanol–water partition coefficient (Wildman–Crippen LogP) is 3.57. The molecule has 1 heterocycles. The number of rotatable bonds is 2. The van der Waals surface area contributed by atoms with Crippen LogP contribution in [-0.2, 0) is 4.79 Å². The van der Waals surface area contributed by atoms with Crippen LogP contribution in [0.4, 0.5) is 0 Å². The van der Waals surface area contributed by atoms with E-state index in [1.165, 1.54) is 0 Å². The van der Waals surface area contributed by atoms with E-state index < -0.39 is 0 Å². The number of hydrogen-bond acceptors (Lipinski definition) is 1. The van der Waals surface area contributed by atoms with Crippen LogP contribution in [0, 0.1) is 5.92 Å². The molecule has 2 nitrogen and oxygen atoms in total. The van der Waals surface area contributed by atoms with Gasteiger partial charge in [0.05, 0.1) is 6.42 Å². The average molecular weight is 221 g/mol. The van der Waals surface area contributed by atoms with E-state index in [9.17, 15) is 4.79 Å². The third kappa shape index (κ3) is 4.05. The van der Waals surface area contributed by atoms with E-state index in [4.69, 9.17) is 0 Å². The third-order valence-corrected chi connectivity index (χ3v) is 2.39. The summed E-state index contributed by atoms with van der Waals surface area (Å²) in [6, 6.07) is 0. The van der Waals surface area contributed by atoms with Crippen LogP contribution >= 0.6 is 0 Å². The molecule has 1 rings (SSSR count). The number of amides is 1. The lowest BCUT2D eigenvalue weighted by Gasteiger charge is -2.06. The Hall–Kier alpha value is -1.31. The Kier molecular flexibility index (Phi) is 6.47. The van der Waals surface area contributed by atoms with Gasteiger partial charge in [-0.2, -0.15) is 0 Å². The van der Waals surface area contributed by atoms with E-state index in [1.807, 2.05) is 32.9 Å². The molecule has 0 radical (unpaired) electrons. The standard InChI is InChI=1S/C12H17NO.C2H6/c1-5-10-7-12(14)13-11(10)6-9(4)8(2)3;1-2/h5-6,8H,4,7H2,1-3H3,(H,13,14);1-2H3/b10-5-,11-6+;. The summed E-state index contributed by atoms with van der Waals surface area (Å²) in [5, 5.41) is 2.83. The van der Waals surface area contributed by atoms with Crippen LogP contribution in [0.5, 0.6) is 0 Å². The number of allylic oxidation sites excluding steroid dienone is 4. The first-order valence-corrected chi connectivity index (χ1v) is 5.90. The fourth-order valence-electron chi connectivity index (χ4n) is 1.28. The van der Waals surface area contributed by atoms with Gasteiger partial charge in [-0.1, -0.05) is 45.9 Å². The van der Waals surface area contributed by atoms with E-state index in [0.717, 1.165) is 16.8 Å². The molecule has 0 aromatic heterocycles. The Bertz CT molecular complexity index is 322. The lowest BCUT2D eigenvalue weighted by molar-refractivity contribution is -0.118. The third-order valence-electron chi connectivity index (χ3n) is 2.39. The Balaban J connectivity index is 0.00000106. The van der Waals surface area contributed by atoms with E-state index in [-0.39, 0.29) is 5.91 Å². The summed E-state index contributed by atoms with van der Waals surface area (Å²) in [6.07, 6.45) is 4.43. The summed E-state index contributed by atoms with van der Waals surface area (Å²) in [7, 11) is 0. The van der Waals surface area contributed by atoms with Crippen LogP contribution in [0.15, 0.2) is 35.6 Å². The van der Waals surface area contributed by atoms with Crippen LogP contribution in [0.25, 0.3) is 0 Å². The highest BCUT2D eigenvalue weighted by Crippen LogP contribution is 2.21. The molecule has 1 aliphatic heterocycles. The summed E-state index contributed by atoms with van der Waals surface area (Å²) in [6.45, 7) is 14.1. The van der Waals surface area contributed by atoms with Crippen LogP contribution in [0.3, 0.4) is 0 Å². The second kappa shape index (κ2) is 7.04. The molecule has 0 aromatic carbocycles. The van der Waals surface area contributed by atoms with Crippen LogP contribution in [0.2, 0.25) is 0 Å². The second-order valence-corrected chi connectivity index (χ2v) is 3.83. The zero-order valence-electron chi connectivity index (χ0n) is 11.1. The predicted molar refractivity (Wildman–Crippen MR) is 69.9 cm³/mol. The largest absolute Gasteiger partial charge is 0.326 e. The van der Waals surface area contributed by atoms with Gasteiger partial charge in [-0.3, -0.25) is 4.79 Å². The van der Waals surface area contributed by atoms with Crippen molar-refractivity contribution in [2.75, 3.05) is 0 Å². The summed E-state index contributed by atoms with van der Waals surface area (Å²) in [5.41, 5.74) is 3.02. The molecule has 90 valence electrons. The highest BCUT2D eigenvalue weighted by molar-refractivity contribution is 5.87. The van der Waals surface area contributed by atoms with Gasteiger partial charge >= 0.3 is 0 Å². The minimum Gasteiger partial charge on any atom is -0.326 e. The fourth-order valence-corrected chi connectivity index (χ4v) is 1.28. The molecule has 2 heteroatoms. The van der Waals surface area contributed by atoms with E-state index in [1.54, 1.807) is 0 Å². The smallest absolute Gasteiger partial charge is 0.228 e. The summed E-state index contributed by atoms with van der Waals surface area (Å²) in [4.78, 5) is 11.2. The molecular weight excluding hydrogens is 198 g/mol. The van der Waals surface area contributed by atoms with Crippen molar-refractivity contribution in [3.05, 3.63) is 35.6 Å². The molecular formula is C14H23NO. The Morgan fingerprint density at radius 1 is 1.44 bits per heavy atom. The molecule has 1 fully saturated rings. The van der Waals surface area contributed by atoms with Gasteiger partial charge in [0.25, 0.3) is 0 Å². The zero-order valence-corrected chi connectivity index (χ0v) is 11.1. The van der Waals surface area contributed by atoms with Gasteiger partial charge in [-0.25, -0.2) is 0 Å². The molecule has 1 saturated heterocycles. The minimum absolute atomic E-state index is 0.0703.